The zero-order chi connectivity index (χ0) is 12.1. The standard InChI is InChI=1S/C9H6ClFN4O/c10-5-2-1-3-6(8(5)11)14-15-7(4-12)9(13)16/h1-3,7H,(H2,13,16). The van der Waals surface area contributed by atoms with Crippen LogP contribution in [0.25, 0.3) is 0 Å². The molecule has 1 aromatic rings. The molecule has 7 heteroatoms. The number of nitrogens with two attached hydrogens (primary N) is 1. The van der Waals surface area contributed by atoms with Crippen LogP contribution in [0.1, 0.15) is 0 Å². The van der Waals surface area contributed by atoms with E-state index in [1.54, 1.807) is 0 Å². The molecule has 0 aromatic heterocycles. The molecule has 1 aromatic carbocycles. The van der Waals surface area contributed by atoms with Crippen molar-refractivity contribution < 1.29 is 9.18 Å². The summed E-state index contributed by atoms with van der Waals surface area (Å²) in [5, 5.41) is 15.1. The summed E-state index contributed by atoms with van der Waals surface area (Å²) in [6, 6.07) is 4.19. The Balaban J connectivity index is 2.97. The number of halogens is 2. The van der Waals surface area contributed by atoms with Gasteiger partial charge in [-0.15, -0.1) is 0 Å². The molecule has 0 aliphatic rings. The van der Waals surface area contributed by atoms with E-state index in [9.17, 15) is 9.18 Å². The van der Waals surface area contributed by atoms with E-state index in [4.69, 9.17) is 22.6 Å². The Morgan fingerprint density at radius 2 is 2.31 bits per heavy atom. The minimum atomic E-state index is -1.43. The smallest absolute Gasteiger partial charge is 0.258 e. The van der Waals surface area contributed by atoms with E-state index < -0.39 is 17.8 Å². The topological polar surface area (TPSA) is 91.6 Å². The zero-order valence-corrected chi connectivity index (χ0v) is 8.65. The second-order valence-electron chi connectivity index (χ2n) is 2.72. The van der Waals surface area contributed by atoms with Crippen LogP contribution in [0.3, 0.4) is 0 Å². The average molecular weight is 241 g/mol. The van der Waals surface area contributed by atoms with Gasteiger partial charge in [0.2, 0.25) is 6.04 Å². The lowest BCUT2D eigenvalue weighted by molar-refractivity contribution is -0.118. The van der Waals surface area contributed by atoms with Crippen molar-refractivity contribution >= 4 is 23.2 Å². The Kier molecular flexibility index (Phi) is 3.91. The highest BCUT2D eigenvalue weighted by Crippen LogP contribution is 2.24. The largest absolute Gasteiger partial charge is 0.367 e. The van der Waals surface area contributed by atoms with E-state index >= 15 is 0 Å². The molecule has 5 nitrogen and oxygen atoms in total. The number of hydrogen-bond acceptors (Lipinski definition) is 4. The monoisotopic (exact) mass is 240 g/mol. The zero-order valence-electron chi connectivity index (χ0n) is 7.89. The van der Waals surface area contributed by atoms with Gasteiger partial charge in [-0.2, -0.15) is 15.5 Å². The number of nitriles is 1. The van der Waals surface area contributed by atoms with Crippen LogP contribution in [0, 0.1) is 17.1 Å². The third-order valence-corrected chi connectivity index (χ3v) is 1.90. The molecule has 0 spiro atoms. The first-order valence-electron chi connectivity index (χ1n) is 4.10. The molecular formula is C9H6ClFN4O. The molecule has 0 aliphatic carbocycles. The molecule has 1 amide bonds. The molecule has 0 fully saturated rings. The summed E-state index contributed by atoms with van der Waals surface area (Å²) in [6.07, 6.45) is 0. The number of azo groups is 1. The second-order valence-corrected chi connectivity index (χ2v) is 3.13. The van der Waals surface area contributed by atoms with Crippen molar-refractivity contribution in [1.82, 2.24) is 0 Å². The highest BCUT2D eigenvalue weighted by Gasteiger charge is 2.13. The SMILES string of the molecule is N#CC(N=Nc1cccc(Cl)c1F)C(N)=O. The predicted octanol–water partition coefficient (Wildman–Crippen LogP) is 1.94. The lowest BCUT2D eigenvalue weighted by Gasteiger charge is -1.98. The van der Waals surface area contributed by atoms with Gasteiger partial charge in [0.15, 0.2) is 5.82 Å². The number of rotatable bonds is 3. The predicted molar refractivity (Wildman–Crippen MR) is 54.5 cm³/mol. The number of carbonyl (C=O) groups excluding carboxylic acids is 1. The number of nitrogens with zero attached hydrogens (tertiary/aromatic N) is 3. The van der Waals surface area contributed by atoms with Gasteiger partial charge in [0.05, 0.1) is 5.02 Å². The van der Waals surface area contributed by atoms with E-state index in [1.165, 1.54) is 24.3 Å². The van der Waals surface area contributed by atoms with Crippen molar-refractivity contribution in [1.29, 1.82) is 5.26 Å². The van der Waals surface area contributed by atoms with Gasteiger partial charge in [-0.05, 0) is 12.1 Å². The second kappa shape index (κ2) is 5.19. The van der Waals surface area contributed by atoms with Crippen molar-refractivity contribution in [3.8, 4) is 6.07 Å². The first-order chi connectivity index (χ1) is 7.56. The Morgan fingerprint density at radius 1 is 1.62 bits per heavy atom. The number of carbonyl (C=O) groups is 1. The van der Waals surface area contributed by atoms with E-state index in [2.05, 4.69) is 10.2 Å². The van der Waals surface area contributed by atoms with E-state index in [-0.39, 0.29) is 10.7 Å². The van der Waals surface area contributed by atoms with E-state index in [0.717, 1.165) is 0 Å². The summed E-state index contributed by atoms with van der Waals surface area (Å²) in [5.41, 5.74) is 4.69. The van der Waals surface area contributed by atoms with Crippen LogP contribution >= 0.6 is 11.6 Å². The van der Waals surface area contributed by atoms with Crippen LogP contribution in [-0.4, -0.2) is 11.9 Å². The molecule has 1 unspecified atom stereocenters. The van der Waals surface area contributed by atoms with E-state index in [1.807, 2.05) is 0 Å². The van der Waals surface area contributed by atoms with Crippen LogP contribution in [0.4, 0.5) is 10.1 Å². The van der Waals surface area contributed by atoms with Crippen LogP contribution in [0.2, 0.25) is 5.02 Å². The first-order valence-corrected chi connectivity index (χ1v) is 4.48. The summed E-state index contributed by atoms with van der Waals surface area (Å²) in [6.45, 7) is 0. The molecular weight excluding hydrogens is 235 g/mol. The number of hydrogen-bond donors (Lipinski definition) is 1. The average Bonchev–Trinajstić information content (AvgIpc) is 2.24. The third-order valence-electron chi connectivity index (χ3n) is 1.60. The molecule has 0 saturated heterocycles. The minimum absolute atomic E-state index is 0.121. The van der Waals surface area contributed by atoms with Gasteiger partial charge in [0, 0.05) is 0 Å². The van der Waals surface area contributed by atoms with Gasteiger partial charge >= 0.3 is 0 Å². The highest BCUT2D eigenvalue weighted by molar-refractivity contribution is 6.31. The minimum Gasteiger partial charge on any atom is -0.367 e. The summed E-state index contributed by atoms with van der Waals surface area (Å²) in [4.78, 5) is 10.6. The van der Waals surface area contributed by atoms with Crippen LogP contribution in [0.15, 0.2) is 28.4 Å². The van der Waals surface area contributed by atoms with Gasteiger partial charge in [0.1, 0.15) is 11.8 Å². The van der Waals surface area contributed by atoms with Crippen molar-refractivity contribution in [3.63, 3.8) is 0 Å². The lowest BCUT2D eigenvalue weighted by Crippen LogP contribution is -2.24. The maximum Gasteiger partial charge on any atom is 0.258 e. The van der Waals surface area contributed by atoms with E-state index in [0.29, 0.717) is 0 Å². The Bertz CT molecular complexity index is 483. The molecule has 2 N–H and O–H groups in total. The summed E-state index contributed by atoms with van der Waals surface area (Å²) < 4.78 is 13.3. The maximum absolute atomic E-state index is 13.3. The molecule has 1 rings (SSSR count). The van der Waals surface area contributed by atoms with Gasteiger partial charge in [0.25, 0.3) is 5.91 Å². The Morgan fingerprint density at radius 3 is 2.88 bits per heavy atom. The molecule has 0 radical (unpaired) electrons. The summed E-state index contributed by atoms with van der Waals surface area (Å²) in [5.74, 6) is -1.72. The van der Waals surface area contributed by atoms with Gasteiger partial charge < -0.3 is 5.73 Å². The fourth-order valence-electron chi connectivity index (χ4n) is 0.836. The molecule has 0 heterocycles. The van der Waals surface area contributed by atoms with Crippen LogP contribution in [-0.2, 0) is 4.79 Å². The number of primary amides is 1. The van der Waals surface area contributed by atoms with Gasteiger partial charge in [-0.3, -0.25) is 4.79 Å². The van der Waals surface area contributed by atoms with Crippen LogP contribution in [0.5, 0.6) is 0 Å². The Labute approximate surface area is 95.3 Å². The third kappa shape index (κ3) is 2.74. The molecule has 0 bridgehead atoms. The quantitative estimate of drug-likeness (QED) is 0.818. The molecule has 0 aliphatic heterocycles. The summed E-state index contributed by atoms with van der Waals surface area (Å²) in [7, 11) is 0. The first kappa shape index (κ1) is 12.1. The summed E-state index contributed by atoms with van der Waals surface area (Å²) >= 11 is 5.49. The lowest BCUT2D eigenvalue weighted by atomic mass is 10.3. The normalized spacial score (nSPS) is 12.3. The maximum atomic E-state index is 13.3. The molecule has 82 valence electrons. The number of benzene rings is 1. The van der Waals surface area contributed by atoms with Crippen molar-refractivity contribution in [2.45, 2.75) is 6.04 Å². The highest BCUT2D eigenvalue weighted by atomic mass is 35.5. The van der Waals surface area contributed by atoms with Crippen molar-refractivity contribution in [2.24, 2.45) is 16.0 Å². The number of amides is 1. The van der Waals surface area contributed by atoms with Crippen molar-refractivity contribution in [3.05, 3.63) is 29.0 Å². The Hall–Kier alpha value is -2.00. The molecule has 1 atom stereocenters. The fraction of sp³-hybridized carbons (Fsp3) is 0.111. The van der Waals surface area contributed by atoms with Crippen LogP contribution < -0.4 is 5.73 Å². The molecule has 16 heavy (non-hydrogen) atoms. The fourth-order valence-corrected chi connectivity index (χ4v) is 1.01. The van der Waals surface area contributed by atoms with Gasteiger partial charge in [-0.1, -0.05) is 17.7 Å². The van der Waals surface area contributed by atoms with Gasteiger partial charge in [-0.25, -0.2) is 4.39 Å². The molecule has 0 saturated carbocycles. The van der Waals surface area contributed by atoms with Crippen molar-refractivity contribution in [2.75, 3.05) is 0 Å².